The van der Waals surface area contributed by atoms with Gasteiger partial charge in [0.15, 0.2) is 0 Å². The topological polar surface area (TPSA) is 78.3 Å². The average molecular weight is 723 g/mol. The van der Waals surface area contributed by atoms with E-state index in [0.29, 0.717) is 61.1 Å². The van der Waals surface area contributed by atoms with Crippen molar-refractivity contribution in [2.75, 3.05) is 11.9 Å². The highest BCUT2D eigenvalue weighted by atomic mass is 79.9. The van der Waals surface area contributed by atoms with E-state index in [9.17, 15) is 4.79 Å². The number of ether oxygens (including phenoxy) is 2. The van der Waals surface area contributed by atoms with Crippen LogP contribution in [0, 0.1) is 0 Å². The zero-order chi connectivity index (χ0) is 30.5. The summed E-state index contributed by atoms with van der Waals surface area (Å²) in [5.74, 6) is 1.21. The second kappa shape index (κ2) is 14.4. The quantitative estimate of drug-likeness (QED) is 0.0939. The molecule has 1 aromatic heterocycles. The lowest BCUT2D eigenvalue weighted by molar-refractivity contribution is -0.139. The number of carbonyl (C=O) groups is 1. The smallest absolute Gasteiger partial charge is 0.338 e. The first-order chi connectivity index (χ1) is 20.7. The lowest BCUT2D eigenvalue weighted by Crippen LogP contribution is -2.30. The first kappa shape index (κ1) is 31.7. The van der Waals surface area contributed by atoms with Gasteiger partial charge in [-0.3, -0.25) is 0 Å². The molecule has 0 radical (unpaired) electrons. The van der Waals surface area contributed by atoms with Gasteiger partial charge in [0.05, 0.1) is 12.2 Å². The highest BCUT2D eigenvalue weighted by Gasteiger charge is 2.37. The van der Waals surface area contributed by atoms with Crippen LogP contribution < -0.4 is 10.1 Å². The largest absolute Gasteiger partial charge is 0.488 e. The molecule has 0 bridgehead atoms. The normalized spacial score (nSPS) is 14.3. The molecule has 1 aliphatic heterocycles. The number of rotatable bonds is 11. The van der Waals surface area contributed by atoms with Gasteiger partial charge in [-0.05, 0) is 55.3 Å². The third kappa shape index (κ3) is 7.52. The van der Waals surface area contributed by atoms with Crippen molar-refractivity contribution in [3.63, 3.8) is 0 Å². The fraction of sp³-hybridized carbons (Fsp3) is 0.258. The van der Waals surface area contributed by atoms with Gasteiger partial charge < -0.3 is 14.8 Å². The van der Waals surface area contributed by atoms with Crippen molar-refractivity contribution in [3.8, 4) is 5.75 Å². The first-order valence-electron chi connectivity index (χ1n) is 13.6. The van der Waals surface area contributed by atoms with E-state index in [1.165, 1.54) is 11.8 Å². The number of hydrogen-bond donors (Lipinski definition) is 1. The van der Waals surface area contributed by atoms with Gasteiger partial charge >= 0.3 is 5.97 Å². The Morgan fingerprint density at radius 2 is 1.88 bits per heavy atom. The number of allylic oxidation sites excluding steroid dienone is 1. The van der Waals surface area contributed by atoms with Crippen molar-refractivity contribution in [2.24, 2.45) is 0 Å². The second-order valence-electron chi connectivity index (χ2n) is 9.80. The Labute approximate surface area is 278 Å². The zero-order valence-corrected chi connectivity index (χ0v) is 28.0. The molecule has 5 rings (SSSR count). The SMILES string of the molecule is CCCCOC(=O)C1=C(C)Nc2nc(SCc3ccccc3Cl)nn2C1c1cc(Br)ccc1OCc1ccc(Cl)cc1Cl. The maximum Gasteiger partial charge on any atom is 0.338 e. The highest BCUT2D eigenvalue weighted by molar-refractivity contribution is 9.10. The molecular weight excluding hydrogens is 695 g/mol. The van der Waals surface area contributed by atoms with Crippen LogP contribution in [0.4, 0.5) is 5.95 Å². The van der Waals surface area contributed by atoms with E-state index in [1.54, 1.807) is 16.8 Å². The Bertz CT molecular complexity index is 1680. The maximum absolute atomic E-state index is 13.6. The number of hydrogen-bond acceptors (Lipinski definition) is 7. The summed E-state index contributed by atoms with van der Waals surface area (Å²) in [5.41, 5.74) is 3.50. The third-order valence-electron chi connectivity index (χ3n) is 6.76. The molecule has 1 aliphatic rings. The van der Waals surface area contributed by atoms with Crippen molar-refractivity contribution in [3.05, 3.63) is 108 Å². The highest BCUT2D eigenvalue weighted by Crippen LogP contribution is 2.42. The number of fused-ring (bicyclic) bond motifs is 1. The van der Waals surface area contributed by atoms with E-state index in [1.807, 2.05) is 62.4 Å². The fourth-order valence-electron chi connectivity index (χ4n) is 4.55. The summed E-state index contributed by atoms with van der Waals surface area (Å²) in [6.07, 6.45) is 1.67. The second-order valence-corrected chi connectivity index (χ2v) is 12.9. The van der Waals surface area contributed by atoms with Crippen LogP contribution in [0.15, 0.2) is 81.6 Å². The summed E-state index contributed by atoms with van der Waals surface area (Å²) in [5, 5.41) is 10.4. The van der Waals surface area contributed by atoms with Crippen molar-refractivity contribution in [1.29, 1.82) is 0 Å². The fourth-order valence-corrected chi connectivity index (χ4v) is 6.50. The molecule has 7 nitrogen and oxygen atoms in total. The standard InChI is InChI=1S/C31H28BrCl3N4O3S/c1-3-4-13-41-29(40)27-18(2)36-30-37-31(43-17-20-7-5-6-8-24(20)34)38-39(30)28(27)23-14-21(32)10-12-26(23)42-16-19-9-11-22(33)15-25(19)35/h5-12,14-15,28H,3-4,13,16-17H2,1-2H3,(H,36,37,38). The molecule has 2 heterocycles. The van der Waals surface area contributed by atoms with Gasteiger partial charge in [-0.1, -0.05) is 100 Å². The lowest BCUT2D eigenvalue weighted by Gasteiger charge is -2.29. The number of esters is 1. The summed E-state index contributed by atoms with van der Waals surface area (Å²) >= 11 is 24.0. The van der Waals surface area contributed by atoms with E-state index >= 15 is 0 Å². The summed E-state index contributed by atoms with van der Waals surface area (Å²) in [6.45, 7) is 4.39. The Morgan fingerprint density at radius 3 is 2.65 bits per heavy atom. The number of anilines is 1. The molecule has 1 N–H and O–H groups in total. The van der Waals surface area contributed by atoms with Gasteiger partial charge in [0, 0.05) is 42.1 Å². The van der Waals surface area contributed by atoms with Crippen LogP contribution in [0.5, 0.6) is 5.75 Å². The maximum atomic E-state index is 13.6. The molecule has 1 atom stereocenters. The monoisotopic (exact) mass is 720 g/mol. The Kier molecular flexibility index (Phi) is 10.6. The van der Waals surface area contributed by atoms with E-state index in [4.69, 9.17) is 54.4 Å². The van der Waals surface area contributed by atoms with E-state index in [2.05, 4.69) is 21.2 Å². The molecule has 0 saturated heterocycles. The van der Waals surface area contributed by atoms with Crippen LogP contribution in [-0.2, 0) is 21.9 Å². The summed E-state index contributed by atoms with van der Waals surface area (Å²) in [6, 6.07) is 17.9. The number of benzene rings is 3. The summed E-state index contributed by atoms with van der Waals surface area (Å²) in [7, 11) is 0. The number of nitrogens with zero attached hydrogens (tertiary/aromatic N) is 3. The zero-order valence-electron chi connectivity index (χ0n) is 23.4. The molecule has 224 valence electrons. The van der Waals surface area contributed by atoms with Gasteiger partial charge in [0.2, 0.25) is 11.1 Å². The van der Waals surface area contributed by atoms with Crippen LogP contribution in [0.2, 0.25) is 15.1 Å². The minimum atomic E-state index is -0.680. The van der Waals surface area contributed by atoms with Crippen molar-refractivity contribution in [1.82, 2.24) is 14.8 Å². The predicted octanol–water partition coefficient (Wildman–Crippen LogP) is 9.50. The number of thioether (sulfide) groups is 1. The molecule has 0 amide bonds. The van der Waals surface area contributed by atoms with Crippen LogP contribution in [-0.4, -0.2) is 27.3 Å². The predicted molar refractivity (Wildman–Crippen MR) is 176 cm³/mol. The van der Waals surface area contributed by atoms with E-state index in [0.717, 1.165) is 28.4 Å². The minimum absolute atomic E-state index is 0.192. The molecule has 4 aromatic rings. The van der Waals surface area contributed by atoms with E-state index < -0.39 is 12.0 Å². The molecule has 1 unspecified atom stereocenters. The molecule has 0 fully saturated rings. The molecular formula is C31H28BrCl3N4O3S. The average Bonchev–Trinajstić information content (AvgIpc) is 3.38. The molecule has 43 heavy (non-hydrogen) atoms. The van der Waals surface area contributed by atoms with Gasteiger partial charge in [-0.2, -0.15) is 4.98 Å². The van der Waals surface area contributed by atoms with Crippen LogP contribution in [0.3, 0.4) is 0 Å². The van der Waals surface area contributed by atoms with Gasteiger partial charge in [-0.25, -0.2) is 9.48 Å². The minimum Gasteiger partial charge on any atom is -0.488 e. The van der Waals surface area contributed by atoms with Crippen molar-refractivity contribution < 1.29 is 14.3 Å². The summed E-state index contributed by atoms with van der Waals surface area (Å²) < 4.78 is 14.6. The Balaban J connectivity index is 1.53. The molecule has 0 spiro atoms. The Hall–Kier alpha value is -2.69. The van der Waals surface area contributed by atoms with Crippen LogP contribution >= 0.6 is 62.5 Å². The number of unbranched alkanes of at least 4 members (excludes halogenated alkanes) is 1. The van der Waals surface area contributed by atoms with Gasteiger partial charge in [0.1, 0.15) is 18.4 Å². The molecule has 0 aliphatic carbocycles. The van der Waals surface area contributed by atoms with Crippen molar-refractivity contribution in [2.45, 2.75) is 50.2 Å². The van der Waals surface area contributed by atoms with Crippen LogP contribution in [0.1, 0.15) is 49.4 Å². The number of carbonyl (C=O) groups excluding carboxylic acids is 1. The van der Waals surface area contributed by atoms with Gasteiger partial charge in [-0.15, -0.1) is 5.10 Å². The Morgan fingerprint density at radius 1 is 1.07 bits per heavy atom. The first-order valence-corrected chi connectivity index (χ1v) is 16.5. The van der Waals surface area contributed by atoms with Crippen molar-refractivity contribution >= 4 is 74.4 Å². The third-order valence-corrected chi connectivity index (χ3v) is 9.10. The molecule has 0 saturated carbocycles. The molecule has 12 heteroatoms. The number of halogens is 4. The summed E-state index contributed by atoms with van der Waals surface area (Å²) in [4.78, 5) is 18.3. The molecule has 3 aromatic carbocycles. The number of aromatic nitrogens is 3. The lowest BCUT2D eigenvalue weighted by atomic mass is 9.95. The number of nitrogens with one attached hydrogen (secondary N) is 1. The van der Waals surface area contributed by atoms with Crippen LogP contribution in [0.25, 0.3) is 0 Å². The van der Waals surface area contributed by atoms with E-state index in [-0.39, 0.29) is 6.61 Å². The van der Waals surface area contributed by atoms with Gasteiger partial charge in [0.25, 0.3) is 0 Å².